The summed E-state index contributed by atoms with van der Waals surface area (Å²) in [5.41, 5.74) is 2.12. The topological polar surface area (TPSA) is 24.8 Å². The first-order valence-corrected chi connectivity index (χ1v) is 9.50. The second-order valence-electron chi connectivity index (χ2n) is 7.94. The van der Waals surface area contributed by atoms with Crippen molar-refractivity contribution in [2.24, 2.45) is 5.16 Å². The van der Waals surface area contributed by atoms with Gasteiger partial charge in [0.05, 0.1) is 15.8 Å². The molecule has 132 valence electrons. The van der Waals surface area contributed by atoms with Gasteiger partial charge in [0.25, 0.3) is 0 Å². The Morgan fingerprint density at radius 3 is 2.71 bits per heavy atom. The average Bonchev–Trinajstić information content (AvgIpc) is 2.85. The van der Waals surface area contributed by atoms with Crippen LogP contribution < -0.4 is 0 Å². The van der Waals surface area contributed by atoms with Crippen molar-refractivity contribution in [2.75, 3.05) is 13.1 Å². The van der Waals surface area contributed by atoms with Crippen LogP contribution in [0.25, 0.3) is 0 Å². The Bertz CT molecular complexity index is 624. The van der Waals surface area contributed by atoms with Gasteiger partial charge in [-0.25, -0.2) is 0 Å². The van der Waals surface area contributed by atoms with Gasteiger partial charge in [-0.1, -0.05) is 34.4 Å². The molecule has 2 aliphatic rings. The Hall–Kier alpha value is -0.770. The number of benzene rings is 1. The second-order valence-corrected chi connectivity index (χ2v) is 8.75. The monoisotopic (exact) mass is 368 g/mol. The van der Waals surface area contributed by atoms with Gasteiger partial charge in [-0.2, -0.15) is 0 Å². The quantitative estimate of drug-likeness (QED) is 0.643. The maximum absolute atomic E-state index is 6.25. The molecule has 0 radical (unpaired) electrons. The number of nitrogens with zero attached hydrogens (tertiary/aromatic N) is 2. The largest absolute Gasteiger partial charge is 0.390 e. The van der Waals surface area contributed by atoms with E-state index in [1.54, 1.807) is 0 Å². The van der Waals surface area contributed by atoms with E-state index >= 15 is 0 Å². The zero-order valence-corrected chi connectivity index (χ0v) is 16.2. The van der Waals surface area contributed by atoms with Gasteiger partial charge < -0.3 is 4.84 Å². The van der Waals surface area contributed by atoms with Crippen LogP contribution in [0.5, 0.6) is 0 Å². The molecule has 2 heterocycles. The molecule has 0 amide bonds. The lowest BCUT2D eigenvalue weighted by molar-refractivity contribution is -0.0000253. The highest BCUT2D eigenvalue weighted by atomic mass is 35.5. The molecule has 0 spiro atoms. The Morgan fingerprint density at radius 1 is 1.21 bits per heavy atom. The fourth-order valence-corrected chi connectivity index (χ4v) is 3.96. The van der Waals surface area contributed by atoms with Crippen molar-refractivity contribution in [1.82, 2.24) is 4.90 Å². The smallest absolute Gasteiger partial charge is 0.129 e. The molecule has 5 heteroatoms. The highest BCUT2D eigenvalue weighted by molar-refractivity contribution is 6.42. The average molecular weight is 369 g/mol. The molecule has 2 atom stereocenters. The molecule has 2 aliphatic heterocycles. The third-order valence-electron chi connectivity index (χ3n) is 4.79. The summed E-state index contributed by atoms with van der Waals surface area (Å²) in [4.78, 5) is 8.27. The fraction of sp³-hybridized carbons (Fsp3) is 0.632. The van der Waals surface area contributed by atoms with Crippen molar-refractivity contribution in [2.45, 2.75) is 64.0 Å². The van der Waals surface area contributed by atoms with Crippen molar-refractivity contribution in [3.63, 3.8) is 0 Å². The van der Waals surface area contributed by atoms with Crippen LogP contribution in [0.15, 0.2) is 23.4 Å². The normalized spacial score (nSPS) is 27.1. The number of rotatable bonds is 2. The molecule has 3 nitrogen and oxygen atoms in total. The number of oxime groups is 1. The predicted octanol–water partition coefficient (Wildman–Crippen LogP) is 5.51. The number of hydrogen-bond acceptors (Lipinski definition) is 3. The maximum Gasteiger partial charge on any atom is 0.129 e. The minimum absolute atomic E-state index is 0.261. The molecule has 1 aromatic carbocycles. The molecule has 0 saturated carbocycles. The molecule has 2 saturated heterocycles. The van der Waals surface area contributed by atoms with Crippen LogP contribution >= 0.6 is 23.2 Å². The van der Waals surface area contributed by atoms with Gasteiger partial charge in [-0.05, 0) is 76.6 Å². The minimum Gasteiger partial charge on any atom is -0.390 e. The van der Waals surface area contributed by atoms with Crippen LogP contribution in [0.1, 0.15) is 57.9 Å². The molecular formula is C19H26Cl2N2O. The standard InChI is InChI=1S/C19H26Cl2N2O/c1-19(2,3)24-22-15-9-14(10-16-5-4-8-23(16)12-15)13-6-7-17(20)18(21)11-13/h6-7,11,14,16H,4-5,8-10,12H2,1-3H3/t14-,16?/m0/s1. The number of fused-ring (bicyclic) bond motifs is 1. The Kier molecular flexibility index (Phi) is 5.43. The molecule has 2 fully saturated rings. The Morgan fingerprint density at radius 2 is 2.00 bits per heavy atom. The molecule has 3 rings (SSSR count). The zero-order valence-electron chi connectivity index (χ0n) is 14.7. The van der Waals surface area contributed by atoms with Crippen LogP contribution in [0, 0.1) is 0 Å². The van der Waals surface area contributed by atoms with Gasteiger partial charge in [-0.15, -0.1) is 0 Å². The third-order valence-corrected chi connectivity index (χ3v) is 5.53. The van der Waals surface area contributed by atoms with Crippen LogP contribution in [-0.4, -0.2) is 35.3 Å². The van der Waals surface area contributed by atoms with Gasteiger partial charge in [0.15, 0.2) is 0 Å². The van der Waals surface area contributed by atoms with Crippen molar-refractivity contribution in [1.29, 1.82) is 0 Å². The van der Waals surface area contributed by atoms with E-state index < -0.39 is 0 Å². The van der Waals surface area contributed by atoms with Gasteiger partial charge in [-0.3, -0.25) is 4.90 Å². The first-order valence-electron chi connectivity index (χ1n) is 8.75. The minimum atomic E-state index is -0.261. The van der Waals surface area contributed by atoms with Crippen LogP contribution in [0.4, 0.5) is 0 Å². The van der Waals surface area contributed by atoms with Crippen molar-refractivity contribution < 1.29 is 4.84 Å². The van der Waals surface area contributed by atoms with Crippen LogP contribution in [0.3, 0.4) is 0 Å². The Labute approximate surface area is 154 Å². The lowest BCUT2D eigenvalue weighted by Gasteiger charge is -2.23. The second kappa shape index (κ2) is 7.23. The zero-order chi connectivity index (χ0) is 17.3. The van der Waals surface area contributed by atoms with E-state index in [-0.39, 0.29) is 5.60 Å². The summed E-state index contributed by atoms with van der Waals surface area (Å²) >= 11 is 12.3. The molecule has 1 aromatic rings. The third kappa shape index (κ3) is 4.44. The number of halogens is 2. The van der Waals surface area contributed by atoms with E-state index in [1.165, 1.54) is 18.4 Å². The lowest BCUT2D eigenvalue weighted by atomic mass is 9.88. The first-order chi connectivity index (χ1) is 11.3. The first kappa shape index (κ1) is 18.0. The van der Waals surface area contributed by atoms with Gasteiger partial charge in [0, 0.05) is 12.6 Å². The summed E-state index contributed by atoms with van der Waals surface area (Å²) in [6, 6.07) is 6.65. The van der Waals surface area contributed by atoms with Crippen LogP contribution in [-0.2, 0) is 4.84 Å². The van der Waals surface area contributed by atoms with Gasteiger partial charge in [0.1, 0.15) is 5.60 Å². The molecule has 1 unspecified atom stereocenters. The van der Waals surface area contributed by atoms with Crippen molar-refractivity contribution in [3.8, 4) is 0 Å². The summed E-state index contributed by atoms with van der Waals surface area (Å²) in [6.07, 6.45) is 4.60. The predicted molar refractivity (Wildman–Crippen MR) is 101 cm³/mol. The van der Waals surface area contributed by atoms with E-state index in [1.807, 2.05) is 32.9 Å². The summed E-state index contributed by atoms with van der Waals surface area (Å²) in [6.45, 7) is 8.17. The summed E-state index contributed by atoms with van der Waals surface area (Å²) in [7, 11) is 0. The Balaban J connectivity index is 1.85. The molecular weight excluding hydrogens is 343 g/mol. The maximum atomic E-state index is 6.25. The molecule has 0 N–H and O–H groups in total. The highest BCUT2D eigenvalue weighted by Gasteiger charge is 2.33. The van der Waals surface area contributed by atoms with E-state index in [2.05, 4.69) is 16.1 Å². The van der Waals surface area contributed by atoms with Crippen molar-refractivity contribution in [3.05, 3.63) is 33.8 Å². The summed E-state index contributed by atoms with van der Waals surface area (Å²) in [5, 5.41) is 5.75. The van der Waals surface area contributed by atoms with Gasteiger partial charge >= 0.3 is 0 Å². The van der Waals surface area contributed by atoms with Gasteiger partial charge in [0.2, 0.25) is 0 Å². The molecule has 0 aromatic heterocycles. The highest BCUT2D eigenvalue weighted by Crippen LogP contribution is 2.36. The van der Waals surface area contributed by atoms with Crippen molar-refractivity contribution >= 4 is 28.9 Å². The fourth-order valence-electron chi connectivity index (χ4n) is 3.65. The molecule has 0 aliphatic carbocycles. The molecule has 0 bridgehead atoms. The van der Waals surface area contributed by atoms with E-state index in [4.69, 9.17) is 28.0 Å². The van der Waals surface area contributed by atoms with E-state index in [9.17, 15) is 0 Å². The summed E-state index contributed by atoms with van der Waals surface area (Å²) < 4.78 is 0. The van der Waals surface area contributed by atoms with E-state index in [0.29, 0.717) is 22.0 Å². The van der Waals surface area contributed by atoms with Crippen LogP contribution in [0.2, 0.25) is 10.0 Å². The number of hydrogen-bond donors (Lipinski definition) is 0. The summed E-state index contributed by atoms with van der Waals surface area (Å²) in [5.74, 6) is 0.412. The van der Waals surface area contributed by atoms with E-state index in [0.717, 1.165) is 31.6 Å². The lowest BCUT2D eigenvalue weighted by Crippen LogP contribution is -2.32. The molecule has 24 heavy (non-hydrogen) atoms. The SMILES string of the molecule is CC(C)(C)ON=C1C[C@H](c2ccc(Cl)c(Cl)c2)CC2CCCN2C1.